The summed E-state index contributed by atoms with van der Waals surface area (Å²) in [7, 11) is 0. The molecule has 0 aliphatic heterocycles. The van der Waals surface area contributed by atoms with Gasteiger partial charge < -0.3 is 14.9 Å². The predicted octanol–water partition coefficient (Wildman–Crippen LogP) is 3.29. The second kappa shape index (κ2) is 5.95. The zero-order valence-corrected chi connectivity index (χ0v) is 15.9. The Morgan fingerprint density at radius 1 is 0.880 bits per heavy atom. The maximum atomic E-state index is 11.6. The van der Waals surface area contributed by atoms with Crippen molar-refractivity contribution in [2.75, 3.05) is 0 Å². The summed E-state index contributed by atoms with van der Waals surface area (Å²) in [5.41, 5.74) is 0.255. The number of hydrogen-bond donors (Lipinski definition) is 2. The molecule has 0 aromatic heterocycles. The molecule has 2 N–H and O–H groups in total. The van der Waals surface area contributed by atoms with Gasteiger partial charge in [-0.05, 0) is 80.0 Å². The van der Waals surface area contributed by atoms with E-state index in [2.05, 4.69) is 13.8 Å². The number of rotatable bonds is 1. The third kappa shape index (κ3) is 2.50. The summed E-state index contributed by atoms with van der Waals surface area (Å²) in [6.07, 6.45) is 7.38. The van der Waals surface area contributed by atoms with Crippen molar-refractivity contribution in [2.45, 2.75) is 90.4 Å². The van der Waals surface area contributed by atoms with Crippen LogP contribution in [0.4, 0.5) is 0 Å². The van der Waals surface area contributed by atoms with Crippen LogP contribution in [0, 0.1) is 34.5 Å². The molecule has 4 aliphatic rings. The molecule has 4 nitrogen and oxygen atoms in total. The van der Waals surface area contributed by atoms with E-state index in [0.29, 0.717) is 17.8 Å². The summed E-state index contributed by atoms with van der Waals surface area (Å²) in [5, 5.41) is 21.0. The molecule has 0 aromatic rings. The van der Waals surface area contributed by atoms with E-state index in [1.54, 1.807) is 0 Å². The molecular weight excluding hydrogens is 316 g/mol. The Bertz CT molecular complexity index is 548. The topological polar surface area (TPSA) is 66.8 Å². The van der Waals surface area contributed by atoms with E-state index in [1.807, 2.05) is 0 Å². The van der Waals surface area contributed by atoms with Crippen LogP contribution in [0.1, 0.15) is 72.1 Å². The lowest BCUT2D eigenvalue weighted by molar-refractivity contribution is -0.196. The maximum absolute atomic E-state index is 11.6. The number of aliphatic hydroxyl groups excluding tert-OH is 2. The highest BCUT2D eigenvalue weighted by atomic mass is 16.6. The zero-order chi connectivity index (χ0) is 18.0. The lowest BCUT2D eigenvalue weighted by Crippen LogP contribution is -2.59. The van der Waals surface area contributed by atoms with E-state index in [1.165, 1.54) is 13.3 Å². The second-order valence-electron chi connectivity index (χ2n) is 9.88. The van der Waals surface area contributed by atoms with Gasteiger partial charge in [-0.15, -0.1) is 0 Å². The summed E-state index contributed by atoms with van der Waals surface area (Å²) in [6, 6.07) is 0. The van der Waals surface area contributed by atoms with E-state index in [4.69, 9.17) is 4.74 Å². The van der Waals surface area contributed by atoms with Crippen LogP contribution in [0.15, 0.2) is 0 Å². The summed E-state index contributed by atoms with van der Waals surface area (Å²) in [4.78, 5) is 11.6. The third-order valence-corrected chi connectivity index (χ3v) is 8.95. The molecule has 0 heterocycles. The van der Waals surface area contributed by atoms with Gasteiger partial charge in [0.15, 0.2) is 0 Å². The fourth-order valence-electron chi connectivity index (χ4n) is 7.61. The molecule has 0 amide bonds. The standard InChI is InChI=1S/C21H34O4/c1-12(22)25-19-16-5-4-13-14-6-7-18(24)21(14,3)10-8-15(13)20(16,2)11-9-17(19)23/h13-19,23-24H,4-11H2,1-3H3/t13-,14-,15-,16-,17+,18-,19-,20+,21-/m0/s1. The highest BCUT2D eigenvalue weighted by molar-refractivity contribution is 5.66. The van der Waals surface area contributed by atoms with Gasteiger partial charge in [0.25, 0.3) is 0 Å². The molecule has 0 saturated heterocycles. The van der Waals surface area contributed by atoms with Crippen molar-refractivity contribution < 1.29 is 19.7 Å². The van der Waals surface area contributed by atoms with Gasteiger partial charge >= 0.3 is 5.97 Å². The summed E-state index contributed by atoms with van der Waals surface area (Å²) >= 11 is 0. The number of ether oxygens (including phenoxy) is 1. The second-order valence-corrected chi connectivity index (χ2v) is 9.88. The molecule has 4 heteroatoms. The largest absolute Gasteiger partial charge is 0.459 e. The van der Waals surface area contributed by atoms with Crippen LogP contribution in [0.5, 0.6) is 0 Å². The first-order chi connectivity index (χ1) is 11.8. The van der Waals surface area contributed by atoms with Crippen molar-refractivity contribution >= 4 is 5.97 Å². The van der Waals surface area contributed by atoms with E-state index in [-0.39, 0.29) is 34.9 Å². The van der Waals surface area contributed by atoms with Crippen molar-refractivity contribution in [3.05, 3.63) is 0 Å². The summed E-state index contributed by atoms with van der Waals surface area (Å²) < 4.78 is 5.61. The van der Waals surface area contributed by atoms with E-state index in [9.17, 15) is 15.0 Å². The highest BCUT2D eigenvalue weighted by Crippen LogP contribution is 2.66. The minimum atomic E-state index is -0.513. The van der Waals surface area contributed by atoms with Crippen LogP contribution in [0.2, 0.25) is 0 Å². The summed E-state index contributed by atoms with van der Waals surface area (Å²) in [5.74, 6) is 1.96. The molecular formula is C21H34O4. The van der Waals surface area contributed by atoms with Gasteiger partial charge in [-0.25, -0.2) is 0 Å². The normalized spacial score (nSPS) is 55.0. The van der Waals surface area contributed by atoms with Gasteiger partial charge in [-0.2, -0.15) is 0 Å². The van der Waals surface area contributed by atoms with Gasteiger partial charge in [0, 0.05) is 12.8 Å². The molecule has 0 radical (unpaired) electrons. The number of carbonyl (C=O) groups excluding carboxylic acids is 1. The monoisotopic (exact) mass is 350 g/mol. The van der Waals surface area contributed by atoms with Gasteiger partial charge in [0.05, 0.1) is 12.2 Å². The first-order valence-corrected chi connectivity index (χ1v) is 10.3. The molecule has 4 rings (SSSR count). The average Bonchev–Trinajstić information content (AvgIpc) is 2.86. The summed E-state index contributed by atoms with van der Waals surface area (Å²) in [6.45, 7) is 6.16. The average molecular weight is 350 g/mol. The number of esters is 1. The third-order valence-electron chi connectivity index (χ3n) is 8.95. The quantitative estimate of drug-likeness (QED) is 0.712. The number of aliphatic hydroxyl groups is 2. The SMILES string of the molecule is CC(=O)O[C@@H]1[C@H](O)CC[C@]2(C)[C@H]3CC[C@]4(C)[C@@H](O)CC[C@H]4[C@@H]3CC[C@@H]12. The van der Waals surface area contributed by atoms with Crippen LogP contribution < -0.4 is 0 Å². The molecule has 9 atom stereocenters. The minimum absolute atomic E-state index is 0.105. The molecule has 4 aliphatic carbocycles. The number of carbonyl (C=O) groups is 1. The molecule has 0 aromatic carbocycles. The van der Waals surface area contributed by atoms with Crippen molar-refractivity contribution in [1.82, 2.24) is 0 Å². The van der Waals surface area contributed by atoms with Gasteiger partial charge in [0.2, 0.25) is 0 Å². The number of hydrogen-bond acceptors (Lipinski definition) is 4. The molecule has 142 valence electrons. The van der Waals surface area contributed by atoms with E-state index < -0.39 is 6.10 Å². The smallest absolute Gasteiger partial charge is 0.303 e. The van der Waals surface area contributed by atoms with Crippen LogP contribution in [-0.2, 0) is 9.53 Å². The van der Waals surface area contributed by atoms with Gasteiger partial charge in [0.1, 0.15) is 6.10 Å². The van der Waals surface area contributed by atoms with Crippen LogP contribution in [0.25, 0.3) is 0 Å². The Balaban J connectivity index is 1.62. The first kappa shape index (κ1) is 17.8. The Morgan fingerprint density at radius 2 is 1.52 bits per heavy atom. The lowest BCUT2D eigenvalue weighted by Gasteiger charge is -2.61. The van der Waals surface area contributed by atoms with Crippen LogP contribution in [0.3, 0.4) is 0 Å². The van der Waals surface area contributed by atoms with Crippen molar-refractivity contribution in [3.63, 3.8) is 0 Å². The van der Waals surface area contributed by atoms with Gasteiger partial charge in [-0.1, -0.05) is 13.8 Å². The Hall–Kier alpha value is -0.610. The van der Waals surface area contributed by atoms with E-state index in [0.717, 1.165) is 44.9 Å². The van der Waals surface area contributed by atoms with Crippen LogP contribution >= 0.6 is 0 Å². The molecule has 0 bridgehead atoms. The van der Waals surface area contributed by atoms with Crippen molar-refractivity contribution in [1.29, 1.82) is 0 Å². The Labute approximate surface area is 151 Å². The maximum Gasteiger partial charge on any atom is 0.303 e. The molecule has 0 spiro atoms. The molecule has 4 fully saturated rings. The fraction of sp³-hybridized carbons (Fsp3) is 0.952. The molecule has 25 heavy (non-hydrogen) atoms. The van der Waals surface area contributed by atoms with Crippen molar-refractivity contribution in [2.24, 2.45) is 34.5 Å². The highest BCUT2D eigenvalue weighted by Gasteiger charge is 2.62. The van der Waals surface area contributed by atoms with Crippen LogP contribution in [-0.4, -0.2) is 34.5 Å². The zero-order valence-electron chi connectivity index (χ0n) is 15.9. The fourth-order valence-corrected chi connectivity index (χ4v) is 7.61. The van der Waals surface area contributed by atoms with E-state index >= 15 is 0 Å². The number of fused-ring (bicyclic) bond motifs is 5. The van der Waals surface area contributed by atoms with Crippen molar-refractivity contribution in [3.8, 4) is 0 Å². The Kier molecular flexibility index (Phi) is 4.23. The first-order valence-electron chi connectivity index (χ1n) is 10.3. The predicted molar refractivity (Wildman–Crippen MR) is 94.7 cm³/mol. The molecule has 0 unspecified atom stereocenters. The lowest BCUT2D eigenvalue weighted by atomic mass is 9.44. The minimum Gasteiger partial charge on any atom is -0.459 e. The Morgan fingerprint density at radius 3 is 2.24 bits per heavy atom. The molecule has 4 saturated carbocycles. The van der Waals surface area contributed by atoms with Gasteiger partial charge in [-0.3, -0.25) is 4.79 Å².